The fraction of sp³-hybridized carbons (Fsp3) is 0.412. The van der Waals surface area contributed by atoms with Crippen molar-refractivity contribution < 1.29 is 9.59 Å². The minimum absolute atomic E-state index is 0.0635. The van der Waals surface area contributed by atoms with E-state index < -0.39 is 0 Å². The summed E-state index contributed by atoms with van der Waals surface area (Å²) in [5, 5.41) is 6.18. The van der Waals surface area contributed by atoms with E-state index in [1.807, 2.05) is 41.5 Å². The number of nitrogens with one attached hydrogen (secondary N) is 1. The van der Waals surface area contributed by atoms with Crippen LogP contribution in [0.15, 0.2) is 29.6 Å². The third kappa shape index (κ3) is 3.05. The van der Waals surface area contributed by atoms with Crippen LogP contribution in [-0.2, 0) is 4.79 Å². The van der Waals surface area contributed by atoms with Crippen LogP contribution in [0, 0.1) is 0 Å². The van der Waals surface area contributed by atoms with Crippen LogP contribution < -0.4 is 5.32 Å². The summed E-state index contributed by atoms with van der Waals surface area (Å²) in [7, 11) is 0. The Morgan fingerprint density at radius 2 is 2.14 bits per heavy atom. The molecule has 1 atom stereocenters. The number of thiophene rings is 1. The third-order valence-corrected chi connectivity index (χ3v) is 5.13. The molecule has 5 heteroatoms. The van der Waals surface area contributed by atoms with Crippen molar-refractivity contribution in [2.45, 2.75) is 25.8 Å². The number of benzene rings is 1. The van der Waals surface area contributed by atoms with E-state index in [4.69, 9.17) is 0 Å². The van der Waals surface area contributed by atoms with Gasteiger partial charge in [-0.3, -0.25) is 9.59 Å². The zero-order valence-electron chi connectivity index (χ0n) is 12.7. The molecular weight excluding hydrogens is 296 g/mol. The lowest BCUT2D eigenvalue weighted by atomic mass is 10.0. The molecule has 1 aromatic carbocycles. The van der Waals surface area contributed by atoms with Crippen molar-refractivity contribution in [2.75, 3.05) is 19.6 Å². The van der Waals surface area contributed by atoms with Crippen molar-refractivity contribution in [1.82, 2.24) is 10.2 Å². The number of amides is 1. The lowest BCUT2D eigenvalue weighted by Gasteiger charge is -2.34. The summed E-state index contributed by atoms with van der Waals surface area (Å²) in [6.07, 6.45) is 0.587. The average Bonchev–Trinajstić information content (AvgIpc) is 2.97. The van der Waals surface area contributed by atoms with E-state index >= 15 is 0 Å². The molecule has 0 bridgehead atoms. The fourth-order valence-electron chi connectivity index (χ4n) is 2.90. The van der Waals surface area contributed by atoms with Gasteiger partial charge in [0.15, 0.2) is 5.78 Å². The van der Waals surface area contributed by atoms with Crippen LogP contribution in [-0.4, -0.2) is 42.3 Å². The number of hydrogen-bond donors (Lipinski definition) is 1. The van der Waals surface area contributed by atoms with Crippen molar-refractivity contribution in [3.05, 3.63) is 35.2 Å². The first-order chi connectivity index (χ1) is 10.7. The largest absolute Gasteiger partial charge is 0.337 e. The molecule has 1 aromatic heterocycles. The second kappa shape index (κ2) is 6.58. The summed E-state index contributed by atoms with van der Waals surface area (Å²) in [6, 6.07) is 8.11. The van der Waals surface area contributed by atoms with Gasteiger partial charge in [-0.25, -0.2) is 0 Å². The van der Waals surface area contributed by atoms with Crippen molar-refractivity contribution in [1.29, 1.82) is 0 Å². The molecule has 0 aliphatic carbocycles. The number of carbonyl (C=O) groups is 2. The van der Waals surface area contributed by atoms with Gasteiger partial charge in [-0.05, 0) is 13.0 Å². The van der Waals surface area contributed by atoms with Crippen LogP contribution in [0.25, 0.3) is 10.1 Å². The van der Waals surface area contributed by atoms with Crippen LogP contribution in [0.3, 0.4) is 0 Å². The number of carbonyl (C=O) groups excluding carboxylic acids is 2. The normalized spacial score (nSPS) is 18.6. The highest BCUT2D eigenvalue weighted by Gasteiger charge is 2.23. The lowest BCUT2D eigenvalue weighted by Crippen LogP contribution is -2.52. The fourth-order valence-corrected chi connectivity index (χ4v) is 3.87. The minimum Gasteiger partial charge on any atom is -0.337 e. The maximum absolute atomic E-state index is 12.4. The number of ketones is 1. The van der Waals surface area contributed by atoms with Crippen LogP contribution in [0.1, 0.15) is 30.1 Å². The molecule has 0 unspecified atom stereocenters. The topological polar surface area (TPSA) is 49.4 Å². The highest BCUT2D eigenvalue weighted by Crippen LogP contribution is 2.27. The van der Waals surface area contributed by atoms with E-state index in [1.54, 1.807) is 11.3 Å². The van der Waals surface area contributed by atoms with Gasteiger partial charge in [0.05, 0.1) is 0 Å². The maximum atomic E-state index is 12.4. The molecule has 1 aliphatic rings. The van der Waals surface area contributed by atoms with Gasteiger partial charge in [0.1, 0.15) is 0 Å². The lowest BCUT2D eigenvalue weighted by molar-refractivity contribution is -0.133. The van der Waals surface area contributed by atoms with Gasteiger partial charge >= 0.3 is 0 Å². The minimum atomic E-state index is 0.0635. The van der Waals surface area contributed by atoms with E-state index in [9.17, 15) is 9.59 Å². The molecule has 4 nitrogen and oxygen atoms in total. The molecule has 1 aliphatic heterocycles. The summed E-state index contributed by atoms with van der Waals surface area (Å²) in [5.41, 5.74) is 0.752. The first-order valence-electron chi connectivity index (χ1n) is 7.66. The highest BCUT2D eigenvalue weighted by atomic mass is 32.1. The van der Waals surface area contributed by atoms with Crippen LogP contribution >= 0.6 is 11.3 Å². The van der Waals surface area contributed by atoms with Gasteiger partial charge in [0.2, 0.25) is 5.91 Å². The molecule has 0 radical (unpaired) electrons. The highest BCUT2D eigenvalue weighted by molar-refractivity contribution is 7.17. The number of Topliss-reactive ketones (excluding diaryl/α,β-unsaturated/α-hetero) is 1. The Hall–Kier alpha value is -1.72. The van der Waals surface area contributed by atoms with E-state index in [0.717, 1.165) is 35.3 Å². The zero-order valence-corrected chi connectivity index (χ0v) is 13.5. The molecular formula is C17H20N2O2S. The number of fused-ring (bicyclic) bond motifs is 1. The first kappa shape index (κ1) is 15.2. The van der Waals surface area contributed by atoms with Crippen molar-refractivity contribution in [3.63, 3.8) is 0 Å². The van der Waals surface area contributed by atoms with Gasteiger partial charge in [0.25, 0.3) is 0 Å². The van der Waals surface area contributed by atoms with Gasteiger partial charge < -0.3 is 10.2 Å². The molecule has 3 rings (SSSR count). The van der Waals surface area contributed by atoms with Crippen molar-refractivity contribution >= 4 is 33.1 Å². The van der Waals surface area contributed by atoms with Gasteiger partial charge in [-0.15, -0.1) is 11.3 Å². The molecule has 1 amide bonds. The first-order valence-corrected chi connectivity index (χ1v) is 8.54. The molecule has 2 heterocycles. The predicted molar refractivity (Wildman–Crippen MR) is 89.4 cm³/mol. The summed E-state index contributed by atoms with van der Waals surface area (Å²) in [6.45, 7) is 4.43. The third-order valence-electron chi connectivity index (χ3n) is 4.17. The average molecular weight is 316 g/mol. The van der Waals surface area contributed by atoms with Crippen LogP contribution in [0.2, 0.25) is 0 Å². The molecule has 1 fully saturated rings. The Morgan fingerprint density at radius 3 is 2.95 bits per heavy atom. The molecule has 22 heavy (non-hydrogen) atoms. The smallest absolute Gasteiger partial charge is 0.223 e. The molecule has 0 spiro atoms. The summed E-state index contributed by atoms with van der Waals surface area (Å²) >= 11 is 1.58. The van der Waals surface area contributed by atoms with Crippen LogP contribution in [0.4, 0.5) is 0 Å². The second-order valence-corrected chi connectivity index (χ2v) is 6.62. The van der Waals surface area contributed by atoms with Gasteiger partial charge in [0, 0.05) is 59.5 Å². The van der Waals surface area contributed by atoms with E-state index in [-0.39, 0.29) is 24.2 Å². The predicted octanol–water partition coefficient (Wildman–Crippen LogP) is 2.68. The Balaban J connectivity index is 1.63. The molecule has 116 valence electrons. The Kier molecular flexibility index (Phi) is 4.55. The van der Waals surface area contributed by atoms with E-state index in [0.29, 0.717) is 6.42 Å². The molecule has 0 saturated carbocycles. The SMILES string of the molecule is C[C@H]1CNCCN1C(=O)CCC(=O)c1csc2ccccc12. The zero-order chi connectivity index (χ0) is 15.5. The van der Waals surface area contributed by atoms with Crippen molar-refractivity contribution in [3.8, 4) is 0 Å². The summed E-state index contributed by atoms with van der Waals surface area (Å²) < 4.78 is 1.12. The quantitative estimate of drug-likeness (QED) is 0.882. The van der Waals surface area contributed by atoms with Crippen molar-refractivity contribution in [2.24, 2.45) is 0 Å². The standard InChI is InChI=1S/C17H20N2O2S/c1-12-10-18-8-9-19(12)17(21)7-6-15(20)14-11-22-16-5-3-2-4-13(14)16/h2-5,11-12,18H,6-10H2,1H3/t12-/m0/s1. The number of rotatable bonds is 4. The second-order valence-electron chi connectivity index (χ2n) is 5.71. The number of nitrogens with zero attached hydrogens (tertiary/aromatic N) is 1. The van der Waals surface area contributed by atoms with Gasteiger partial charge in [-0.2, -0.15) is 0 Å². The summed E-state index contributed by atoms with van der Waals surface area (Å²) in [5.74, 6) is 0.149. The monoisotopic (exact) mass is 316 g/mol. The van der Waals surface area contributed by atoms with Gasteiger partial charge in [-0.1, -0.05) is 18.2 Å². The molecule has 2 aromatic rings. The Bertz CT molecular complexity index is 695. The van der Waals surface area contributed by atoms with E-state index in [1.165, 1.54) is 0 Å². The Labute approximate surface area is 134 Å². The molecule has 1 N–H and O–H groups in total. The number of hydrogen-bond acceptors (Lipinski definition) is 4. The van der Waals surface area contributed by atoms with E-state index in [2.05, 4.69) is 5.32 Å². The summed E-state index contributed by atoms with van der Waals surface area (Å²) in [4.78, 5) is 26.6. The molecule has 1 saturated heterocycles. The maximum Gasteiger partial charge on any atom is 0.223 e. The van der Waals surface area contributed by atoms with Crippen LogP contribution in [0.5, 0.6) is 0 Å². The Morgan fingerprint density at radius 1 is 1.32 bits per heavy atom. The number of piperazine rings is 1.